The Bertz CT molecular complexity index is 699. The van der Waals surface area contributed by atoms with Crippen molar-refractivity contribution in [2.75, 3.05) is 0 Å². The van der Waals surface area contributed by atoms with Crippen molar-refractivity contribution in [2.45, 2.75) is 6.92 Å². The van der Waals surface area contributed by atoms with Crippen molar-refractivity contribution < 1.29 is 0 Å². The summed E-state index contributed by atoms with van der Waals surface area (Å²) in [5.74, 6) is 0. The largest absolute Gasteiger partial charge is 0.267 e. The Morgan fingerprint density at radius 2 is 1.79 bits per heavy atom. The molecule has 0 aliphatic rings. The summed E-state index contributed by atoms with van der Waals surface area (Å²) in [4.78, 5) is 4.07. The first-order chi connectivity index (χ1) is 9.25. The van der Waals surface area contributed by atoms with E-state index in [0.29, 0.717) is 0 Å². The summed E-state index contributed by atoms with van der Waals surface area (Å²) in [7, 11) is 1.97. The summed E-state index contributed by atoms with van der Waals surface area (Å²) in [6.07, 6.45) is 5.53. The van der Waals surface area contributed by atoms with Gasteiger partial charge in [-0.2, -0.15) is 5.10 Å². The maximum atomic E-state index is 4.40. The highest BCUT2D eigenvalue weighted by Gasteiger charge is 2.12. The van der Waals surface area contributed by atoms with Crippen LogP contribution in [0.2, 0.25) is 0 Å². The number of nitrogens with zero attached hydrogens (tertiary/aromatic N) is 3. The van der Waals surface area contributed by atoms with Gasteiger partial charge < -0.3 is 0 Å². The number of aromatic nitrogens is 3. The molecule has 19 heavy (non-hydrogen) atoms. The van der Waals surface area contributed by atoms with E-state index in [4.69, 9.17) is 0 Å². The quantitative estimate of drug-likeness (QED) is 0.696. The van der Waals surface area contributed by atoms with Crippen LogP contribution in [0.25, 0.3) is 22.4 Å². The van der Waals surface area contributed by atoms with E-state index in [-0.39, 0.29) is 0 Å². The summed E-state index contributed by atoms with van der Waals surface area (Å²) in [6, 6.07) is 12.5. The van der Waals surface area contributed by atoms with Gasteiger partial charge in [0.1, 0.15) is 0 Å². The van der Waals surface area contributed by atoms with Crippen molar-refractivity contribution in [1.82, 2.24) is 14.8 Å². The van der Waals surface area contributed by atoms with Gasteiger partial charge in [-0.3, -0.25) is 9.67 Å². The minimum Gasteiger partial charge on any atom is -0.267 e. The second-order valence-electron chi connectivity index (χ2n) is 4.64. The van der Waals surface area contributed by atoms with Crippen molar-refractivity contribution in [3.05, 3.63) is 60.6 Å². The predicted molar refractivity (Wildman–Crippen MR) is 76.6 cm³/mol. The van der Waals surface area contributed by atoms with E-state index in [1.165, 1.54) is 11.1 Å². The minimum absolute atomic E-state index is 1.13. The number of benzene rings is 1. The van der Waals surface area contributed by atoms with Gasteiger partial charge in [-0.05, 0) is 30.7 Å². The number of hydrogen-bond acceptors (Lipinski definition) is 2. The van der Waals surface area contributed by atoms with Gasteiger partial charge >= 0.3 is 0 Å². The monoisotopic (exact) mass is 249 g/mol. The summed E-state index contributed by atoms with van der Waals surface area (Å²) in [5.41, 5.74) is 5.84. The number of pyridine rings is 1. The Kier molecular flexibility index (Phi) is 2.88. The van der Waals surface area contributed by atoms with Gasteiger partial charge in [0, 0.05) is 30.6 Å². The molecule has 0 unspecified atom stereocenters. The highest BCUT2D eigenvalue weighted by atomic mass is 15.3. The van der Waals surface area contributed by atoms with Crippen LogP contribution in [0, 0.1) is 6.92 Å². The molecule has 3 heteroatoms. The lowest BCUT2D eigenvalue weighted by molar-refractivity contribution is 0.776. The molecular formula is C16H15N3. The first-order valence-electron chi connectivity index (χ1n) is 6.25. The zero-order valence-corrected chi connectivity index (χ0v) is 11.0. The molecule has 0 fully saturated rings. The predicted octanol–water partition coefficient (Wildman–Crippen LogP) is 3.46. The summed E-state index contributed by atoms with van der Waals surface area (Å²) < 4.78 is 1.92. The standard InChI is InChI=1S/C16H15N3/c1-12-4-3-5-14(10-12)16-15(11-18-19(16)2)13-6-8-17-9-7-13/h3-11H,1-2H3. The van der Waals surface area contributed by atoms with E-state index in [9.17, 15) is 0 Å². The maximum Gasteiger partial charge on any atom is 0.0757 e. The fourth-order valence-electron chi connectivity index (χ4n) is 2.31. The molecule has 0 bridgehead atoms. The van der Waals surface area contributed by atoms with Crippen LogP contribution in [0.15, 0.2) is 55.0 Å². The molecule has 3 rings (SSSR count). The number of hydrogen-bond donors (Lipinski definition) is 0. The van der Waals surface area contributed by atoms with Crippen LogP contribution < -0.4 is 0 Å². The lowest BCUT2D eigenvalue weighted by atomic mass is 10.0. The van der Waals surface area contributed by atoms with Crippen molar-refractivity contribution in [3.8, 4) is 22.4 Å². The molecule has 2 heterocycles. The van der Waals surface area contributed by atoms with Gasteiger partial charge in [0.05, 0.1) is 11.9 Å². The molecule has 0 amide bonds. The van der Waals surface area contributed by atoms with Crippen LogP contribution >= 0.6 is 0 Å². The normalized spacial score (nSPS) is 10.6. The van der Waals surface area contributed by atoms with Gasteiger partial charge in [0.25, 0.3) is 0 Å². The molecule has 1 aromatic carbocycles. The molecule has 0 aliphatic heterocycles. The first-order valence-corrected chi connectivity index (χ1v) is 6.25. The molecule has 94 valence electrons. The average Bonchev–Trinajstić information content (AvgIpc) is 2.82. The minimum atomic E-state index is 1.13. The van der Waals surface area contributed by atoms with Gasteiger partial charge in [-0.1, -0.05) is 23.8 Å². The SMILES string of the molecule is Cc1cccc(-c2c(-c3ccncc3)cnn2C)c1. The maximum absolute atomic E-state index is 4.40. The Morgan fingerprint density at radius 1 is 1.00 bits per heavy atom. The summed E-state index contributed by atoms with van der Waals surface area (Å²) >= 11 is 0. The van der Waals surface area contributed by atoms with Crippen molar-refractivity contribution in [2.24, 2.45) is 7.05 Å². The van der Waals surface area contributed by atoms with Gasteiger partial charge in [-0.15, -0.1) is 0 Å². The van der Waals surface area contributed by atoms with Crippen molar-refractivity contribution in [1.29, 1.82) is 0 Å². The molecule has 3 aromatic rings. The average molecular weight is 249 g/mol. The molecule has 0 radical (unpaired) electrons. The van der Waals surface area contributed by atoms with Crippen LogP contribution in [0.5, 0.6) is 0 Å². The van der Waals surface area contributed by atoms with E-state index in [2.05, 4.69) is 41.3 Å². The third kappa shape index (κ3) is 2.15. The second-order valence-corrected chi connectivity index (χ2v) is 4.64. The summed E-state index contributed by atoms with van der Waals surface area (Å²) in [6.45, 7) is 2.10. The van der Waals surface area contributed by atoms with Crippen LogP contribution in [0.4, 0.5) is 0 Å². The van der Waals surface area contributed by atoms with Crippen molar-refractivity contribution in [3.63, 3.8) is 0 Å². The third-order valence-corrected chi connectivity index (χ3v) is 3.22. The van der Waals surface area contributed by atoms with E-state index in [0.717, 1.165) is 16.8 Å². The first kappa shape index (κ1) is 11.7. The zero-order valence-electron chi connectivity index (χ0n) is 11.0. The lowest BCUT2D eigenvalue weighted by Gasteiger charge is -2.07. The molecule has 0 aliphatic carbocycles. The van der Waals surface area contributed by atoms with E-state index < -0.39 is 0 Å². The Balaban J connectivity index is 2.20. The molecule has 0 N–H and O–H groups in total. The molecule has 3 nitrogen and oxygen atoms in total. The van der Waals surface area contributed by atoms with Crippen LogP contribution in [0.1, 0.15) is 5.56 Å². The van der Waals surface area contributed by atoms with Crippen LogP contribution in [-0.4, -0.2) is 14.8 Å². The van der Waals surface area contributed by atoms with Crippen LogP contribution in [0.3, 0.4) is 0 Å². The van der Waals surface area contributed by atoms with Gasteiger partial charge in [0.15, 0.2) is 0 Å². The fraction of sp³-hybridized carbons (Fsp3) is 0.125. The highest BCUT2D eigenvalue weighted by Crippen LogP contribution is 2.31. The number of rotatable bonds is 2. The number of aryl methyl sites for hydroxylation is 2. The molecule has 0 saturated carbocycles. The van der Waals surface area contributed by atoms with E-state index >= 15 is 0 Å². The molecular weight excluding hydrogens is 234 g/mol. The van der Waals surface area contributed by atoms with Crippen molar-refractivity contribution >= 4 is 0 Å². The van der Waals surface area contributed by atoms with E-state index in [1.807, 2.05) is 42.5 Å². The Morgan fingerprint density at radius 3 is 2.53 bits per heavy atom. The highest BCUT2D eigenvalue weighted by molar-refractivity contribution is 5.80. The topological polar surface area (TPSA) is 30.7 Å². The second kappa shape index (κ2) is 4.69. The molecule has 2 aromatic heterocycles. The zero-order chi connectivity index (χ0) is 13.2. The molecule has 0 saturated heterocycles. The molecule has 0 spiro atoms. The fourth-order valence-corrected chi connectivity index (χ4v) is 2.31. The van der Waals surface area contributed by atoms with Gasteiger partial charge in [-0.25, -0.2) is 0 Å². The van der Waals surface area contributed by atoms with E-state index in [1.54, 1.807) is 0 Å². The van der Waals surface area contributed by atoms with Crippen LogP contribution in [-0.2, 0) is 7.05 Å². The Labute approximate surface area is 112 Å². The molecule has 0 atom stereocenters. The van der Waals surface area contributed by atoms with Gasteiger partial charge in [0.2, 0.25) is 0 Å². The summed E-state index contributed by atoms with van der Waals surface area (Å²) in [5, 5.41) is 4.40. The smallest absolute Gasteiger partial charge is 0.0757 e. The lowest BCUT2D eigenvalue weighted by Crippen LogP contribution is -1.94. The third-order valence-electron chi connectivity index (χ3n) is 3.22. The Hall–Kier alpha value is -2.42.